The average Bonchev–Trinajstić information content (AvgIpc) is 2.79. The van der Waals surface area contributed by atoms with E-state index in [-0.39, 0.29) is 11.1 Å². The second-order valence-corrected chi connectivity index (χ2v) is 12.6. The maximum absolute atomic E-state index is 2.61. The van der Waals surface area contributed by atoms with E-state index in [1.807, 2.05) is 0 Å². The predicted molar refractivity (Wildman–Crippen MR) is 146 cm³/mol. The third-order valence-corrected chi connectivity index (χ3v) is 8.59. The lowest BCUT2D eigenvalue weighted by Crippen LogP contribution is -2.41. The van der Waals surface area contributed by atoms with E-state index in [0.29, 0.717) is 0 Å². The zero-order chi connectivity index (χ0) is 23.6. The van der Waals surface area contributed by atoms with Crippen molar-refractivity contribution in [2.45, 2.75) is 78.8 Å². The Hall–Kier alpha value is -2.68. The van der Waals surface area contributed by atoms with Crippen LogP contribution in [-0.4, -0.2) is 20.9 Å². The van der Waals surface area contributed by atoms with E-state index < -0.39 is 0 Å². The summed E-state index contributed by atoms with van der Waals surface area (Å²) >= 11 is 0. The van der Waals surface area contributed by atoms with Crippen molar-refractivity contribution >= 4 is 43.1 Å². The molecule has 172 valence electrons. The molecule has 0 aliphatic carbocycles. The van der Waals surface area contributed by atoms with E-state index >= 15 is 0 Å². The van der Waals surface area contributed by atoms with E-state index in [2.05, 4.69) is 99.9 Å². The van der Waals surface area contributed by atoms with Crippen LogP contribution in [0.25, 0.3) is 43.1 Å². The lowest BCUT2D eigenvalue weighted by molar-refractivity contribution is 0.116. The van der Waals surface area contributed by atoms with Crippen LogP contribution in [0.5, 0.6) is 0 Å². The van der Waals surface area contributed by atoms with Crippen molar-refractivity contribution in [3.8, 4) is 0 Å². The van der Waals surface area contributed by atoms with Gasteiger partial charge in [-0.1, -0.05) is 48.5 Å². The monoisotopic (exact) mass is 446 g/mol. The minimum atomic E-state index is 0.165. The highest BCUT2D eigenvalue weighted by Crippen LogP contribution is 2.47. The first-order valence-corrected chi connectivity index (χ1v) is 12.8. The van der Waals surface area contributed by atoms with E-state index in [1.165, 1.54) is 65.3 Å². The van der Waals surface area contributed by atoms with Crippen molar-refractivity contribution in [1.82, 2.24) is 9.80 Å². The van der Waals surface area contributed by atoms with Crippen LogP contribution in [0.2, 0.25) is 0 Å². The number of hydrogen-bond donors (Lipinski definition) is 0. The van der Waals surface area contributed by atoms with Gasteiger partial charge < -0.3 is 0 Å². The van der Waals surface area contributed by atoms with Crippen LogP contribution in [-0.2, 0) is 26.2 Å². The first-order valence-electron chi connectivity index (χ1n) is 12.8. The Labute approximate surface area is 202 Å². The maximum Gasteiger partial charge on any atom is 0.0248 e. The van der Waals surface area contributed by atoms with Crippen molar-refractivity contribution in [1.29, 1.82) is 0 Å². The second-order valence-electron chi connectivity index (χ2n) is 12.6. The van der Waals surface area contributed by atoms with E-state index in [9.17, 15) is 0 Å². The second kappa shape index (κ2) is 6.50. The highest BCUT2D eigenvalue weighted by atomic mass is 15.2. The fourth-order valence-corrected chi connectivity index (χ4v) is 6.59. The predicted octanol–water partition coefficient (Wildman–Crippen LogP) is 7.97. The molecule has 2 heteroatoms. The van der Waals surface area contributed by atoms with Gasteiger partial charge in [-0.2, -0.15) is 0 Å². The smallest absolute Gasteiger partial charge is 0.0248 e. The van der Waals surface area contributed by atoms with E-state index in [4.69, 9.17) is 0 Å². The van der Waals surface area contributed by atoms with Crippen molar-refractivity contribution in [2.75, 3.05) is 0 Å². The summed E-state index contributed by atoms with van der Waals surface area (Å²) in [6, 6.07) is 19.3. The van der Waals surface area contributed by atoms with Crippen LogP contribution in [0.1, 0.15) is 63.8 Å². The number of hydrogen-bond acceptors (Lipinski definition) is 2. The van der Waals surface area contributed by atoms with Gasteiger partial charge in [-0.25, -0.2) is 0 Å². The van der Waals surface area contributed by atoms with Crippen LogP contribution in [0.3, 0.4) is 0 Å². The summed E-state index contributed by atoms with van der Waals surface area (Å²) < 4.78 is 0. The average molecular weight is 447 g/mol. The summed E-state index contributed by atoms with van der Waals surface area (Å²) in [5.41, 5.74) is 6.24. The molecule has 0 unspecified atom stereocenters. The van der Waals surface area contributed by atoms with Crippen molar-refractivity contribution in [3.63, 3.8) is 0 Å². The highest BCUT2D eigenvalue weighted by molar-refractivity contribution is 6.34. The summed E-state index contributed by atoms with van der Waals surface area (Å²) in [6.07, 6.45) is 0. The van der Waals surface area contributed by atoms with Gasteiger partial charge in [0.15, 0.2) is 0 Å². The van der Waals surface area contributed by atoms with Crippen molar-refractivity contribution in [2.24, 2.45) is 0 Å². The lowest BCUT2D eigenvalue weighted by Gasteiger charge is -2.40. The van der Waals surface area contributed by atoms with Gasteiger partial charge in [0, 0.05) is 37.3 Å². The van der Waals surface area contributed by atoms with Crippen LogP contribution in [0, 0.1) is 0 Å². The molecule has 0 aromatic heterocycles. The molecule has 0 bridgehead atoms. The molecule has 0 atom stereocenters. The molecule has 2 aliphatic rings. The van der Waals surface area contributed by atoms with Gasteiger partial charge in [-0.05, 0) is 107 Å². The summed E-state index contributed by atoms with van der Waals surface area (Å²) in [6.45, 7) is 18.1. The van der Waals surface area contributed by atoms with Gasteiger partial charge in [-0.3, -0.25) is 9.80 Å². The Kier molecular flexibility index (Phi) is 3.95. The summed E-state index contributed by atoms with van der Waals surface area (Å²) in [5, 5.41) is 11.7. The molecule has 0 saturated heterocycles. The fraction of sp³-hybridized carbons (Fsp3) is 0.375. The molecule has 2 heterocycles. The van der Waals surface area contributed by atoms with Crippen LogP contribution >= 0.6 is 0 Å². The standard InChI is InChI=1S/C32H34N2/c1-31(2,3)33-15-19-7-11-23-25-13-9-21-17-34(32(4,5)6)18-22-10-14-26(30(25)28(21)22)24-12-8-20(16-33)27(19)29(23)24/h7-14H,15-18H2,1-6H3. The molecule has 2 nitrogen and oxygen atoms in total. The lowest BCUT2D eigenvalue weighted by atomic mass is 9.82. The zero-order valence-electron chi connectivity index (χ0n) is 21.3. The largest absolute Gasteiger partial charge is 0.290 e. The fourth-order valence-electron chi connectivity index (χ4n) is 6.59. The molecular weight excluding hydrogens is 412 g/mol. The van der Waals surface area contributed by atoms with Gasteiger partial charge in [0.2, 0.25) is 0 Å². The Bertz CT molecular complexity index is 1400. The Balaban J connectivity index is 1.55. The summed E-state index contributed by atoms with van der Waals surface area (Å²) in [4.78, 5) is 5.21. The van der Waals surface area contributed by atoms with Crippen LogP contribution < -0.4 is 0 Å². The van der Waals surface area contributed by atoms with E-state index in [0.717, 1.165) is 26.2 Å². The molecule has 0 saturated carbocycles. The van der Waals surface area contributed by atoms with Crippen LogP contribution in [0.15, 0.2) is 48.5 Å². The summed E-state index contributed by atoms with van der Waals surface area (Å²) in [5.74, 6) is 0. The zero-order valence-corrected chi connectivity index (χ0v) is 21.3. The van der Waals surface area contributed by atoms with Gasteiger partial charge in [0.05, 0.1) is 0 Å². The third kappa shape index (κ3) is 2.70. The van der Waals surface area contributed by atoms with Gasteiger partial charge in [0.25, 0.3) is 0 Å². The Morgan fingerprint density at radius 2 is 0.676 bits per heavy atom. The summed E-state index contributed by atoms with van der Waals surface area (Å²) in [7, 11) is 0. The number of nitrogens with zero attached hydrogens (tertiary/aromatic N) is 2. The van der Waals surface area contributed by atoms with Gasteiger partial charge in [0.1, 0.15) is 0 Å². The molecule has 0 amide bonds. The molecule has 0 fully saturated rings. The number of rotatable bonds is 0. The molecule has 0 radical (unpaired) electrons. The SMILES string of the molecule is CC(C)(C)N1Cc2ccc3c4ccc5c6c(ccc(c7ccc(c2c37)C1)c64)CN(C(C)(C)C)C5. The quantitative estimate of drug-likeness (QED) is 0.176. The maximum atomic E-state index is 2.61. The first-order chi connectivity index (χ1) is 16.1. The van der Waals surface area contributed by atoms with Gasteiger partial charge in [-0.15, -0.1) is 0 Å². The molecule has 0 spiro atoms. The number of benzene rings is 5. The van der Waals surface area contributed by atoms with Crippen molar-refractivity contribution in [3.05, 3.63) is 70.8 Å². The van der Waals surface area contributed by atoms with Gasteiger partial charge >= 0.3 is 0 Å². The molecule has 5 aromatic rings. The Morgan fingerprint density at radius 3 is 0.912 bits per heavy atom. The highest BCUT2D eigenvalue weighted by Gasteiger charge is 2.30. The molecule has 34 heavy (non-hydrogen) atoms. The first kappa shape index (κ1) is 20.7. The minimum absolute atomic E-state index is 0.165. The normalized spacial score (nSPS) is 17.6. The minimum Gasteiger partial charge on any atom is -0.290 e. The van der Waals surface area contributed by atoms with Crippen LogP contribution in [0.4, 0.5) is 0 Å². The molecule has 2 aliphatic heterocycles. The molecule has 5 aromatic carbocycles. The molecule has 0 N–H and O–H groups in total. The number of fused-ring (bicyclic) bond motifs is 2. The Morgan fingerprint density at radius 1 is 0.412 bits per heavy atom. The van der Waals surface area contributed by atoms with E-state index in [1.54, 1.807) is 0 Å². The molecular formula is C32H34N2. The third-order valence-electron chi connectivity index (χ3n) is 8.59. The van der Waals surface area contributed by atoms with Crippen molar-refractivity contribution < 1.29 is 0 Å². The molecule has 7 rings (SSSR count). The topological polar surface area (TPSA) is 6.48 Å².